The highest BCUT2D eigenvalue weighted by Crippen LogP contribution is 2.25. The Balaban J connectivity index is 1.82. The first-order valence-electron chi connectivity index (χ1n) is 6.71. The van der Waals surface area contributed by atoms with Crippen LogP contribution in [0.5, 0.6) is 5.75 Å². The third-order valence-corrected chi connectivity index (χ3v) is 3.92. The van der Waals surface area contributed by atoms with Crippen molar-refractivity contribution >= 4 is 46.2 Å². The predicted octanol–water partition coefficient (Wildman–Crippen LogP) is 4.70. The topological polar surface area (TPSA) is 24.5 Å². The van der Waals surface area contributed by atoms with Crippen LogP contribution in [0.3, 0.4) is 0 Å². The standard InChI is InChI=1S/C16H16Cl2N2OS/c1-20(9-10-21-13-5-3-2-4-6-13)16(22)19-15-8-7-12(17)11-14(15)18/h2-8,11H,9-10H2,1H3,(H,19,22). The van der Waals surface area contributed by atoms with Crippen LogP contribution in [0.15, 0.2) is 48.5 Å². The summed E-state index contributed by atoms with van der Waals surface area (Å²) in [4.78, 5) is 1.89. The van der Waals surface area contributed by atoms with Gasteiger partial charge in [0, 0.05) is 12.1 Å². The zero-order chi connectivity index (χ0) is 15.9. The second-order valence-corrected chi connectivity index (χ2v) is 5.87. The Kier molecular flexibility index (Phi) is 6.31. The molecule has 0 fully saturated rings. The van der Waals surface area contributed by atoms with Crippen LogP contribution < -0.4 is 10.1 Å². The number of ether oxygens (including phenoxy) is 1. The lowest BCUT2D eigenvalue weighted by molar-refractivity contribution is 0.285. The molecule has 6 heteroatoms. The molecule has 0 aliphatic rings. The number of nitrogens with zero attached hydrogens (tertiary/aromatic N) is 1. The van der Waals surface area contributed by atoms with Crippen molar-refractivity contribution in [1.82, 2.24) is 4.90 Å². The number of hydrogen-bond donors (Lipinski definition) is 1. The number of anilines is 1. The second kappa shape index (κ2) is 8.22. The molecule has 116 valence electrons. The van der Waals surface area contributed by atoms with Gasteiger partial charge in [0.1, 0.15) is 12.4 Å². The van der Waals surface area contributed by atoms with Crippen LogP contribution in [0.4, 0.5) is 5.69 Å². The summed E-state index contributed by atoms with van der Waals surface area (Å²) >= 11 is 17.3. The molecule has 3 nitrogen and oxygen atoms in total. The molecular formula is C16H16Cl2N2OS. The summed E-state index contributed by atoms with van der Waals surface area (Å²) in [6.07, 6.45) is 0. The number of rotatable bonds is 5. The Hall–Kier alpha value is -1.49. The first-order chi connectivity index (χ1) is 10.6. The third-order valence-electron chi connectivity index (χ3n) is 2.96. The van der Waals surface area contributed by atoms with Gasteiger partial charge in [-0.2, -0.15) is 0 Å². The van der Waals surface area contributed by atoms with E-state index in [9.17, 15) is 0 Å². The molecule has 0 atom stereocenters. The van der Waals surface area contributed by atoms with E-state index in [1.54, 1.807) is 18.2 Å². The number of halogens is 2. The second-order valence-electron chi connectivity index (χ2n) is 4.64. The molecule has 1 N–H and O–H groups in total. The third kappa shape index (κ3) is 5.05. The van der Waals surface area contributed by atoms with Crippen LogP contribution in [-0.2, 0) is 0 Å². The van der Waals surface area contributed by atoms with Crippen molar-refractivity contribution in [2.45, 2.75) is 0 Å². The highest BCUT2D eigenvalue weighted by atomic mass is 35.5. The van der Waals surface area contributed by atoms with Gasteiger partial charge in [0.05, 0.1) is 17.3 Å². The largest absolute Gasteiger partial charge is 0.492 e. The number of likely N-dealkylation sites (N-methyl/N-ethyl adjacent to an activating group) is 1. The lowest BCUT2D eigenvalue weighted by atomic mass is 10.3. The fraction of sp³-hybridized carbons (Fsp3) is 0.188. The first-order valence-corrected chi connectivity index (χ1v) is 7.87. The zero-order valence-electron chi connectivity index (χ0n) is 12.1. The molecule has 2 aromatic carbocycles. The van der Waals surface area contributed by atoms with E-state index in [1.165, 1.54) is 0 Å². The zero-order valence-corrected chi connectivity index (χ0v) is 14.4. The van der Waals surface area contributed by atoms with E-state index in [4.69, 9.17) is 40.2 Å². The van der Waals surface area contributed by atoms with E-state index in [0.29, 0.717) is 28.3 Å². The molecule has 2 rings (SSSR count). The SMILES string of the molecule is CN(CCOc1ccccc1)C(=S)Nc1ccc(Cl)cc1Cl. The molecule has 0 unspecified atom stereocenters. The van der Waals surface area contributed by atoms with Gasteiger partial charge in [-0.25, -0.2) is 0 Å². The maximum absolute atomic E-state index is 6.11. The molecule has 0 aliphatic carbocycles. The van der Waals surface area contributed by atoms with E-state index < -0.39 is 0 Å². The fourth-order valence-corrected chi connectivity index (χ4v) is 2.38. The minimum atomic E-state index is 0.531. The van der Waals surface area contributed by atoms with Crippen LogP contribution in [0.25, 0.3) is 0 Å². The average molecular weight is 355 g/mol. The Labute approximate surface area is 145 Å². The minimum Gasteiger partial charge on any atom is -0.492 e. The quantitative estimate of drug-likeness (QED) is 0.786. The normalized spacial score (nSPS) is 10.1. The van der Waals surface area contributed by atoms with Crippen LogP contribution >= 0.6 is 35.4 Å². The van der Waals surface area contributed by atoms with E-state index in [2.05, 4.69) is 5.32 Å². The van der Waals surface area contributed by atoms with Gasteiger partial charge in [0.15, 0.2) is 5.11 Å². The van der Waals surface area contributed by atoms with Gasteiger partial charge in [0.25, 0.3) is 0 Å². The van der Waals surface area contributed by atoms with Crippen molar-refractivity contribution in [3.63, 3.8) is 0 Å². The van der Waals surface area contributed by atoms with Crippen LogP contribution in [0.1, 0.15) is 0 Å². The van der Waals surface area contributed by atoms with Crippen molar-refractivity contribution in [1.29, 1.82) is 0 Å². The van der Waals surface area contributed by atoms with Gasteiger partial charge in [-0.05, 0) is 42.5 Å². The first kappa shape index (κ1) is 16.9. The molecule has 0 bridgehead atoms. The number of thiocarbonyl (C=S) groups is 1. The van der Waals surface area contributed by atoms with E-state index in [1.807, 2.05) is 42.3 Å². The van der Waals surface area contributed by atoms with E-state index in [-0.39, 0.29) is 0 Å². The predicted molar refractivity (Wildman–Crippen MR) is 97.2 cm³/mol. The maximum atomic E-state index is 6.11. The average Bonchev–Trinajstić information content (AvgIpc) is 2.51. The van der Waals surface area contributed by atoms with Crippen molar-refractivity contribution in [2.24, 2.45) is 0 Å². The van der Waals surface area contributed by atoms with Crippen LogP contribution in [0, 0.1) is 0 Å². The molecule has 0 spiro atoms. The van der Waals surface area contributed by atoms with Gasteiger partial charge in [-0.15, -0.1) is 0 Å². The monoisotopic (exact) mass is 354 g/mol. The summed E-state index contributed by atoms with van der Waals surface area (Å²) in [5.41, 5.74) is 0.729. The number of para-hydroxylation sites is 1. The van der Waals surface area contributed by atoms with E-state index in [0.717, 1.165) is 11.4 Å². The smallest absolute Gasteiger partial charge is 0.173 e. The van der Waals surface area contributed by atoms with Gasteiger partial charge in [-0.3, -0.25) is 0 Å². The maximum Gasteiger partial charge on any atom is 0.173 e. The van der Waals surface area contributed by atoms with Crippen LogP contribution in [0.2, 0.25) is 10.0 Å². The van der Waals surface area contributed by atoms with Crippen molar-refractivity contribution in [2.75, 3.05) is 25.5 Å². The summed E-state index contributed by atoms with van der Waals surface area (Å²) in [7, 11) is 1.90. The summed E-state index contributed by atoms with van der Waals surface area (Å²) in [6, 6.07) is 14.9. The van der Waals surface area contributed by atoms with Gasteiger partial charge in [-0.1, -0.05) is 41.4 Å². The van der Waals surface area contributed by atoms with E-state index >= 15 is 0 Å². The molecular weight excluding hydrogens is 339 g/mol. The van der Waals surface area contributed by atoms with Gasteiger partial charge < -0.3 is 15.0 Å². The van der Waals surface area contributed by atoms with Crippen molar-refractivity contribution in [3.05, 3.63) is 58.6 Å². The molecule has 2 aromatic rings. The Morgan fingerprint density at radius 1 is 1.18 bits per heavy atom. The Bertz CT molecular complexity index is 637. The van der Waals surface area contributed by atoms with Gasteiger partial charge in [0.2, 0.25) is 0 Å². The van der Waals surface area contributed by atoms with Crippen LogP contribution in [-0.4, -0.2) is 30.2 Å². The number of benzene rings is 2. The Morgan fingerprint density at radius 3 is 2.59 bits per heavy atom. The molecule has 22 heavy (non-hydrogen) atoms. The molecule has 0 amide bonds. The lowest BCUT2D eigenvalue weighted by Crippen LogP contribution is -2.34. The molecule has 0 aliphatic heterocycles. The van der Waals surface area contributed by atoms with Crippen molar-refractivity contribution < 1.29 is 4.74 Å². The summed E-state index contributed by atoms with van der Waals surface area (Å²) in [5, 5.41) is 4.79. The lowest BCUT2D eigenvalue weighted by Gasteiger charge is -2.21. The summed E-state index contributed by atoms with van der Waals surface area (Å²) in [6.45, 7) is 1.20. The molecule has 0 heterocycles. The summed E-state index contributed by atoms with van der Waals surface area (Å²) < 4.78 is 5.64. The molecule has 0 aromatic heterocycles. The fourth-order valence-electron chi connectivity index (χ4n) is 1.72. The molecule has 0 radical (unpaired) electrons. The Morgan fingerprint density at radius 2 is 1.91 bits per heavy atom. The highest BCUT2D eigenvalue weighted by molar-refractivity contribution is 7.80. The van der Waals surface area contributed by atoms with Crippen molar-refractivity contribution in [3.8, 4) is 5.75 Å². The van der Waals surface area contributed by atoms with Gasteiger partial charge >= 0.3 is 0 Å². The number of hydrogen-bond acceptors (Lipinski definition) is 2. The number of nitrogens with one attached hydrogen (secondary N) is 1. The minimum absolute atomic E-state index is 0.531. The highest BCUT2D eigenvalue weighted by Gasteiger charge is 2.07. The summed E-state index contributed by atoms with van der Waals surface area (Å²) in [5.74, 6) is 0.843. The molecule has 0 saturated heterocycles. The molecule has 0 saturated carbocycles.